The van der Waals surface area contributed by atoms with E-state index in [4.69, 9.17) is 4.74 Å². The Morgan fingerprint density at radius 2 is 2.21 bits per heavy atom. The number of ether oxygens (including phenoxy) is 1. The summed E-state index contributed by atoms with van der Waals surface area (Å²) >= 11 is 0. The average Bonchev–Trinajstić information content (AvgIpc) is 2.89. The highest BCUT2D eigenvalue weighted by atomic mass is 16.5. The second-order valence-corrected chi connectivity index (χ2v) is 4.68. The summed E-state index contributed by atoms with van der Waals surface area (Å²) in [6.45, 7) is 3.80. The summed E-state index contributed by atoms with van der Waals surface area (Å²) in [7, 11) is 0. The first-order valence-corrected chi connectivity index (χ1v) is 6.65. The number of aromatic nitrogens is 2. The first-order valence-electron chi connectivity index (χ1n) is 6.65. The molecule has 1 unspecified atom stereocenters. The van der Waals surface area contributed by atoms with Crippen LogP contribution in [0.1, 0.15) is 26.2 Å². The zero-order chi connectivity index (χ0) is 13.5. The molecule has 1 aliphatic rings. The van der Waals surface area contributed by atoms with Crippen LogP contribution in [0.3, 0.4) is 0 Å². The Balaban J connectivity index is 1.78. The fraction of sp³-hybridized carbons (Fsp3) is 0.615. The van der Waals surface area contributed by atoms with Crippen molar-refractivity contribution in [2.45, 2.75) is 32.3 Å². The van der Waals surface area contributed by atoms with Crippen molar-refractivity contribution in [3.8, 4) is 0 Å². The first kappa shape index (κ1) is 13.7. The minimum Gasteiger partial charge on any atom is -0.376 e. The maximum Gasteiger partial charge on any atom is 0.131 e. The van der Waals surface area contributed by atoms with Crippen molar-refractivity contribution in [2.24, 2.45) is 0 Å². The predicted octanol–water partition coefficient (Wildman–Crippen LogP) is 1.46. The number of carbonyl (C=O) groups is 1. The van der Waals surface area contributed by atoms with Gasteiger partial charge in [0.05, 0.1) is 6.10 Å². The molecule has 6 nitrogen and oxygen atoms in total. The highest BCUT2D eigenvalue weighted by molar-refractivity contribution is 5.75. The predicted molar refractivity (Wildman–Crippen MR) is 73.3 cm³/mol. The van der Waals surface area contributed by atoms with Crippen molar-refractivity contribution < 1.29 is 9.53 Å². The summed E-state index contributed by atoms with van der Waals surface area (Å²) < 4.78 is 5.54. The molecule has 6 heteroatoms. The number of ketones is 1. The monoisotopic (exact) mass is 264 g/mol. The number of anilines is 2. The Kier molecular flexibility index (Phi) is 5.09. The molecule has 1 aromatic rings. The van der Waals surface area contributed by atoms with E-state index in [-0.39, 0.29) is 11.9 Å². The van der Waals surface area contributed by atoms with Gasteiger partial charge in [0.2, 0.25) is 0 Å². The van der Waals surface area contributed by atoms with Gasteiger partial charge in [-0.05, 0) is 19.8 Å². The lowest BCUT2D eigenvalue weighted by Gasteiger charge is -2.12. The van der Waals surface area contributed by atoms with Gasteiger partial charge in [-0.15, -0.1) is 0 Å². The van der Waals surface area contributed by atoms with E-state index in [9.17, 15) is 4.79 Å². The molecule has 0 saturated carbocycles. The Labute approximate surface area is 113 Å². The number of carbonyl (C=O) groups excluding carboxylic acids is 1. The highest BCUT2D eigenvalue weighted by Gasteiger charge is 2.14. The molecule has 0 aromatic carbocycles. The molecule has 0 bridgehead atoms. The van der Waals surface area contributed by atoms with Gasteiger partial charge in [0, 0.05) is 32.2 Å². The normalized spacial score (nSPS) is 18.3. The summed E-state index contributed by atoms with van der Waals surface area (Å²) in [5, 5.41) is 6.34. The lowest BCUT2D eigenvalue weighted by Crippen LogP contribution is -2.19. The van der Waals surface area contributed by atoms with Crippen LogP contribution in [0.25, 0.3) is 0 Å². The number of Topliss-reactive ketones (excluding diaryl/α,β-unsaturated/α-hetero) is 1. The molecule has 0 radical (unpaired) electrons. The topological polar surface area (TPSA) is 76.1 Å². The van der Waals surface area contributed by atoms with Crippen LogP contribution >= 0.6 is 0 Å². The third kappa shape index (κ3) is 4.82. The molecule has 1 atom stereocenters. The summed E-state index contributed by atoms with van der Waals surface area (Å²) in [4.78, 5) is 19.1. The molecule has 0 amide bonds. The molecular formula is C13H20N4O2. The van der Waals surface area contributed by atoms with Gasteiger partial charge in [0.1, 0.15) is 23.7 Å². The standard InChI is InChI=1S/C13H20N4O2/c1-10(18)4-5-14-12-7-13(17-9-16-12)15-8-11-3-2-6-19-11/h7,9,11H,2-6,8H2,1H3,(H2,14,15,16,17). The quantitative estimate of drug-likeness (QED) is 0.776. The molecule has 1 fully saturated rings. The van der Waals surface area contributed by atoms with Gasteiger partial charge in [-0.1, -0.05) is 0 Å². The largest absolute Gasteiger partial charge is 0.376 e. The molecule has 2 rings (SSSR count). The fourth-order valence-electron chi connectivity index (χ4n) is 1.94. The van der Waals surface area contributed by atoms with Crippen molar-refractivity contribution in [2.75, 3.05) is 30.3 Å². The Hall–Kier alpha value is -1.69. The Morgan fingerprint density at radius 1 is 1.42 bits per heavy atom. The maximum atomic E-state index is 10.9. The lowest BCUT2D eigenvalue weighted by atomic mass is 10.2. The molecule has 0 spiro atoms. The van der Waals surface area contributed by atoms with Crippen LogP contribution < -0.4 is 10.6 Å². The van der Waals surface area contributed by atoms with E-state index in [0.717, 1.165) is 37.6 Å². The van der Waals surface area contributed by atoms with E-state index in [1.54, 1.807) is 6.92 Å². The highest BCUT2D eigenvalue weighted by Crippen LogP contribution is 2.14. The van der Waals surface area contributed by atoms with E-state index < -0.39 is 0 Å². The van der Waals surface area contributed by atoms with Crippen LogP contribution in [0.2, 0.25) is 0 Å². The second-order valence-electron chi connectivity index (χ2n) is 4.68. The van der Waals surface area contributed by atoms with Gasteiger partial charge in [0.15, 0.2) is 0 Å². The van der Waals surface area contributed by atoms with E-state index in [1.165, 1.54) is 6.33 Å². The number of hydrogen-bond acceptors (Lipinski definition) is 6. The Morgan fingerprint density at radius 3 is 2.89 bits per heavy atom. The van der Waals surface area contributed by atoms with Crippen LogP contribution in [0.4, 0.5) is 11.6 Å². The van der Waals surface area contributed by atoms with E-state index >= 15 is 0 Å². The number of nitrogens with zero attached hydrogens (tertiary/aromatic N) is 2. The average molecular weight is 264 g/mol. The third-order valence-corrected chi connectivity index (χ3v) is 2.99. The minimum absolute atomic E-state index is 0.165. The second kappa shape index (κ2) is 7.04. The van der Waals surface area contributed by atoms with Crippen molar-refractivity contribution in [3.05, 3.63) is 12.4 Å². The van der Waals surface area contributed by atoms with Gasteiger partial charge in [-0.2, -0.15) is 0 Å². The molecule has 1 aliphatic heterocycles. The molecule has 2 N–H and O–H groups in total. The van der Waals surface area contributed by atoms with Gasteiger partial charge in [-0.25, -0.2) is 9.97 Å². The smallest absolute Gasteiger partial charge is 0.131 e. The molecule has 1 aromatic heterocycles. The van der Waals surface area contributed by atoms with Crippen LogP contribution in [0.15, 0.2) is 12.4 Å². The van der Waals surface area contributed by atoms with Crippen molar-refractivity contribution >= 4 is 17.4 Å². The summed E-state index contributed by atoms with van der Waals surface area (Å²) in [6, 6.07) is 1.84. The SMILES string of the molecule is CC(=O)CCNc1cc(NCC2CCCO2)ncn1. The van der Waals surface area contributed by atoms with Gasteiger partial charge >= 0.3 is 0 Å². The minimum atomic E-state index is 0.165. The maximum absolute atomic E-state index is 10.9. The number of hydrogen-bond donors (Lipinski definition) is 2. The number of rotatable bonds is 7. The first-order chi connectivity index (χ1) is 9.24. The van der Waals surface area contributed by atoms with E-state index in [1.807, 2.05) is 6.07 Å². The summed E-state index contributed by atoms with van der Waals surface area (Å²) in [5.74, 6) is 1.67. The summed E-state index contributed by atoms with van der Waals surface area (Å²) in [5.41, 5.74) is 0. The number of nitrogens with one attached hydrogen (secondary N) is 2. The van der Waals surface area contributed by atoms with Crippen molar-refractivity contribution in [1.29, 1.82) is 0 Å². The molecular weight excluding hydrogens is 244 g/mol. The van der Waals surface area contributed by atoms with Crippen LogP contribution in [-0.2, 0) is 9.53 Å². The molecule has 104 valence electrons. The van der Waals surface area contributed by atoms with Gasteiger partial charge < -0.3 is 15.4 Å². The Bertz CT molecular complexity index is 419. The van der Waals surface area contributed by atoms with Gasteiger partial charge in [-0.3, -0.25) is 4.79 Å². The molecule has 0 aliphatic carbocycles. The zero-order valence-electron chi connectivity index (χ0n) is 11.2. The van der Waals surface area contributed by atoms with E-state index in [0.29, 0.717) is 13.0 Å². The molecule has 2 heterocycles. The summed E-state index contributed by atoms with van der Waals surface area (Å²) in [6.07, 6.45) is 4.52. The van der Waals surface area contributed by atoms with Crippen LogP contribution in [0.5, 0.6) is 0 Å². The van der Waals surface area contributed by atoms with Crippen molar-refractivity contribution in [1.82, 2.24) is 9.97 Å². The fourth-order valence-corrected chi connectivity index (χ4v) is 1.94. The lowest BCUT2D eigenvalue weighted by molar-refractivity contribution is -0.116. The van der Waals surface area contributed by atoms with Crippen LogP contribution in [0, 0.1) is 0 Å². The third-order valence-electron chi connectivity index (χ3n) is 2.99. The van der Waals surface area contributed by atoms with Crippen molar-refractivity contribution in [3.63, 3.8) is 0 Å². The molecule has 1 saturated heterocycles. The molecule has 19 heavy (non-hydrogen) atoms. The van der Waals surface area contributed by atoms with Crippen LogP contribution in [-0.4, -0.2) is 41.6 Å². The zero-order valence-corrected chi connectivity index (χ0v) is 11.2. The van der Waals surface area contributed by atoms with E-state index in [2.05, 4.69) is 20.6 Å². The van der Waals surface area contributed by atoms with Gasteiger partial charge in [0.25, 0.3) is 0 Å².